The average Bonchev–Trinajstić information content (AvgIpc) is 2.73. The number of anilines is 1. The summed E-state index contributed by atoms with van der Waals surface area (Å²) in [4.78, 5) is 0. The predicted octanol–water partition coefficient (Wildman–Crippen LogP) is 3.64. The zero-order valence-electron chi connectivity index (χ0n) is 10.7. The fraction of sp³-hybridized carbons (Fsp3) is 0.308. The van der Waals surface area contributed by atoms with E-state index in [1.807, 2.05) is 20.0 Å². The molecular formula is C13H14BrF2N3. The van der Waals surface area contributed by atoms with Crippen molar-refractivity contribution >= 4 is 21.6 Å². The average molecular weight is 330 g/mol. The number of aromatic nitrogens is 2. The van der Waals surface area contributed by atoms with Crippen molar-refractivity contribution in [2.45, 2.75) is 19.9 Å². The van der Waals surface area contributed by atoms with E-state index < -0.39 is 11.6 Å². The van der Waals surface area contributed by atoms with Gasteiger partial charge in [0.15, 0.2) is 0 Å². The molecule has 0 unspecified atom stereocenters. The smallest absolute Gasteiger partial charge is 0.147 e. The lowest BCUT2D eigenvalue weighted by atomic mass is 10.2. The summed E-state index contributed by atoms with van der Waals surface area (Å²) in [6.45, 7) is 2.41. The Bertz CT molecular complexity index is 596. The van der Waals surface area contributed by atoms with Gasteiger partial charge in [-0.25, -0.2) is 8.78 Å². The number of nitrogens with one attached hydrogen (secondary N) is 1. The fourth-order valence-corrected chi connectivity index (χ4v) is 2.07. The van der Waals surface area contributed by atoms with Gasteiger partial charge in [0.1, 0.15) is 11.6 Å². The van der Waals surface area contributed by atoms with Crippen molar-refractivity contribution in [3.8, 4) is 0 Å². The predicted molar refractivity (Wildman–Crippen MR) is 74.0 cm³/mol. The van der Waals surface area contributed by atoms with Crippen molar-refractivity contribution in [2.24, 2.45) is 7.05 Å². The largest absolute Gasteiger partial charge is 0.377 e. The molecule has 1 aromatic carbocycles. The summed E-state index contributed by atoms with van der Waals surface area (Å²) < 4.78 is 28.8. The number of aryl methyl sites for hydroxylation is 2. The van der Waals surface area contributed by atoms with Crippen LogP contribution in [0.4, 0.5) is 14.5 Å². The fourth-order valence-electron chi connectivity index (χ4n) is 1.75. The molecule has 3 nitrogen and oxygen atoms in total. The lowest BCUT2D eigenvalue weighted by molar-refractivity contribution is 0.596. The van der Waals surface area contributed by atoms with Crippen LogP contribution in [0.2, 0.25) is 0 Å². The van der Waals surface area contributed by atoms with Crippen LogP contribution in [-0.4, -0.2) is 9.78 Å². The zero-order valence-corrected chi connectivity index (χ0v) is 12.3. The Kier molecular flexibility index (Phi) is 4.19. The molecule has 1 N–H and O–H groups in total. The molecule has 1 aromatic heterocycles. The summed E-state index contributed by atoms with van der Waals surface area (Å²) in [6.07, 6.45) is 0.842. The molecule has 0 aliphatic heterocycles. The Labute approximate surface area is 118 Å². The molecule has 0 bridgehead atoms. The highest BCUT2D eigenvalue weighted by Crippen LogP contribution is 2.23. The first-order valence-corrected chi connectivity index (χ1v) is 6.70. The first-order valence-electron chi connectivity index (χ1n) is 5.91. The molecule has 0 radical (unpaired) electrons. The summed E-state index contributed by atoms with van der Waals surface area (Å²) in [5.41, 5.74) is 2.03. The van der Waals surface area contributed by atoms with Crippen LogP contribution in [0.5, 0.6) is 0 Å². The molecule has 0 amide bonds. The van der Waals surface area contributed by atoms with Crippen LogP contribution in [0.1, 0.15) is 18.3 Å². The first kappa shape index (κ1) is 14.0. The SMILES string of the molecule is CCc1cc(CNc2cc(F)c(Br)cc2F)n(C)n1. The quantitative estimate of drug-likeness (QED) is 0.868. The summed E-state index contributed by atoms with van der Waals surface area (Å²) in [5, 5.41) is 7.18. The van der Waals surface area contributed by atoms with Gasteiger partial charge in [-0.2, -0.15) is 5.10 Å². The van der Waals surface area contributed by atoms with E-state index in [4.69, 9.17) is 0 Å². The minimum atomic E-state index is -0.497. The third-order valence-corrected chi connectivity index (χ3v) is 3.47. The third kappa shape index (κ3) is 3.12. The Hall–Kier alpha value is -1.43. The number of benzene rings is 1. The Morgan fingerprint density at radius 1 is 1.26 bits per heavy atom. The van der Waals surface area contributed by atoms with E-state index in [2.05, 4.69) is 26.3 Å². The molecule has 0 saturated carbocycles. The second kappa shape index (κ2) is 5.69. The molecule has 19 heavy (non-hydrogen) atoms. The Balaban J connectivity index is 2.14. The standard InChI is InChI=1S/C13H14BrF2N3/c1-3-8-4-9(19(2)18-8)7-17-13-6-11(15)10(14)5-12(13)16/h4-6,17H,3,7H2,1-2H3. The van der Waals surface area contributed by atoms with Crippen LogP contribution < -0.4 is 5.32 Å². The summed E-state index contributed by atoms with van der Waals surface area (Å²) >= 11 is 2.94. The molecule has 0 saturated heterocycles. The van der Waals surface area contributed by atoms with Gasteiger partial charge in [0.2, 0.25) is 0 Å². The minimum absolute atomic E-state index is 0.115. The topological polar surface area (TPSA) is 29.9 Å². The molecule has 1 heterocycles. The number of hydrogen-bond acceptors (Lipinski definition) is 2. The van der Waals surface area contributed by atoms with Gasteiger partial charge in [-0.1, -0.05) is 6.92 Å². The molecule has 2 rings (SSSR count). The van der Waals surface area contributed by atoms with Gasteiger partial charge in [-0.05, 0) is 34.5 Å². The summed E-state index contributed by atoms with van der Waals surface area (Å²) in [6, 6.07) is 4.19. The van der Waals surface area contributed by atoms with Crippen LogP contribution >= 0.6 is 15.9 Å². The van der Waals surface area contributed by atoms with Crippen molar-refractivity contribution in [3.63, 3.8) is 0 Å². The number of halogens is 3. The van der Waals surface area contributed by atoms with Crippen LogP contribution in [0.15, 0.2) is 22.7 Å². The minimum Gasteiger partial charge on any atom is -0.377 e. The van der Waals surface area contributed by atoms with Crippen molar-refractivity contribution in [1.29, 1.82) is 0 Å². The van der Waals surface area contributed by atoms with Crippen molar-refractivity contribution < 1.29 is 8.78 Å². The third-order valence-electron chi connectivity index (χ3n) is 2.86. The number of nitrogens with zero attached hydrogens (tertiary/aromatic N) is 2. The molecule has 2 aromatic rings. The van der Waals surface area contributed by atoms with Gasteiger partial charge in [0.25, 0.3) is 0 Å². The van der Waals surface area contributed by atoms with E-state index >= 15 is 0 Å². The van der Waals surface area contributed by atoms with Gasteiger partial charge in [-0.15, -0.1) is 0 Å². The zero-order chi connectivity index (χ0) is 14.0. The molecule has 0 atom stereocenters. The number of rotatable bonds is 4. The molecule has 102 valence electrons. The van der Waals surface area contributed by atoms with Gasteiger partial charge in [-0.3, -0.25) is 4.68 Å². The monoisotopic (exact) mass is 329 g/mol. The summed E-state index contributed by atoms with van der Waals surface area (Å²) in [5.74, 6) is -0.991. The van der Waals surface area contributed by atoms with Crippen LogP contribution in [0, 0.1) is 11.6 Å². The van der Waals surface area contributed by atoms with E-state index in [1.165, 1.54) is 0 Å². The van der Waals surface area contributed by atoms with E-state index in [1.54, 1.807) is 4.68 Å². The highest BCUT2D eigenvalue weighted by Gasteiger charge is 2.09. The second-order valence-electron chi connectivity index (χ2n) is 4.20. The Morgan fingerprint density at radius 2 is 2.00 bits per heavy atom. The van der Waals surface area contributed by atoms with E-state index in [0.29, 0.717) is 6.54 Å². The lowest BCUT2D eigenvalue weighted by Crippen LogP contribution is -2.07. The van der Waals surface area contributed by atoms with E-state index in [9.17, 15) is 8.78 Å². The van der Waals surface area contributed by atoms with Gasteiger partial charge in [0, 0.05) is 13.1 Å². The maximum atomic E-state index is 13.6. The highest BCUT2D eigenvalue weighted by molar-refractivity contribution is 9.10. The molecule has 0 aliphatic rings. The molecule has 6 heteroatoms. The molecule has 0 fully saturated rings. The van der Waals surface area contributed by atoms with Crippen LogP contribution in [0.3, 0.4) is 0 Å². The maximum Gasteiger partial charge on any atom is 0.147 e. The molecular weight excluding hydrogens is 316 g/mol. The maximum absolute atomic E-state index is 13.6. The Morgan fingerprint density at radius 3 is 2.63 bits per heavy atom. The molecule has 0 aliphatic carbocycles. The van der Waals surface area contributed by atoms with E-state index in [0.717, 1.165) is 29.9 Å². The number of hydrogen-bond donors (Lipinski definition) is 1. The normalized spacial score (nSPS) is 10.8. The van der Waals surface area contributed by atoms with E-state index in [-0.39, 0.29) is 10.2 Å². The second-order valence-corrected chi connectivity index (χ2v) is 5.06. The summed E-state index contributed by atoms with van der Waals surface area (Å²) in [7, 11) is 1.83. The van der Waals surface area contributed by atoms with Gasteiger partial charge < -0.3 is 5.32 Å². The van der Waals surface area contributed by atoms with Crippen LogP contribution in [0.25, 0.3) is 0 Å². The molecule has 0 spiro atoms. The van der Waals surface area contributed by atoms with Crippen molar-refractivity contribution in [2.75, 3.05) is 5.32 Å². The van der Waals surface area contributed by atoms with Crippen molar-refractivity contribution in [1.82, 2.24) is 9.78 Å². The highest BCUT2D eigenvalue weighted by atomic mass is 79.9. The van der Waals surface area contributed by atoms with Crippen molar-refractivity contribution in [3.05, 3.63) is 45.7 Å². The van der Waals surface area contributed by atoms with Gasteiger partial charge in [0.05, 0.1) is 28.1 Å². The van der Waals surface area contributed by atoms with Crippen LogP contribution in [-0.2, 0) is 20.0 Å². The lowest BCUT2D eigenvalue weighted by Gasteiger charge is -2.08. The van der Waals surface area contributed by atoms with Gasteiger partial charge >= 0.3 is 0 Å². The first-order chi connectivity index (χ1) is 9.01.